The van der Waals surface area contributed by atoms with Crippen molar-refractivity contribution in [3.8, 4) is 5.75 Å². The fraction of sp³-hybridized carbons (Fsp3) is 0.118. The van der Waals surface area contributed by atoms with Crippen LogP contribution in [-0.2, 0) is 20.8 Å². The van der Waals surface area contributed by atoms with Crippen LogP contribution in [0.5, 0.6) is 5.75 Å². The van der Waals surface area contributed by atoms with Crippen molar-refractivity contribution in [3.63, 3.8) is 0 Å². The van der Waals surface area contributed by atoms with Gasteiger partial charge in [-0.05, 0) is 23.8 Å². The number of esters is 1. The van der Waals surface area contributed by atoms with Crippen molar-refractivity contribution >= 4 is 18.6 Å². The standard InChI is InChI=1S/C17H14BFO5/c19-17-14(9-8-12-10-23-18(21)16(12)17)22-11-15(20)24-13-6-4-2-1-3-5-7-13/h1-9,21H,10-11H2. The highest BCUT2D eigenvalue weighted by Gasteiger charge is 2.32. The van der Waals surface area contributed by atoms with Gasteiger partial charge in [0.05, 0.1) is 6.61 Å². The van der Waals surface area contributed by atoms with Crippen molar-refractivity contribution in [1.82, 2.24) is 0 Å². The third kappa shape index (κ3) is 3.64. The molecule has 1 aliphatic heterocycles. The van der Waals surface area contributed by atoms with E-state index in [0.29, 0.717) is 11.3 Å². The van der Waals surface area contributed by atoms with Crippen LogP contribution in [0.15, 0.2) is 60.4 Å². The Morgan fingerprint density at radius 1 is 1.25 bits per heavy atom. The molecular formula is C17H14BFO5. The molecule has 7 heteroatoms. The van der Waals surface area contributed by atoms with E-state index in [4.69, 9.17) is 14.1 Å². The first-order valence-electron chi connectivity index (χ1n) is 7.31. The molecule has 0 atom stereocenters. The lowest BCUT2D eigenvalue weighted by atomic mass is 9.79. The molecule has 24 heavy (non-hydrogen) atoms. The minimum Gasteiger partial charge on any atom is -0.479 e. The Bertz CT molecular complexity index is 766. The number of hydrogen-bond acceptors (Lipinski definition) is 5. The van der Waals surface area contributed by atoms with Crippen LogP contribution >= 0.6 is 0 Å². The summed E-state index contributed by atoms with van der Waals surface area (Å²) in [7, 11) is -1.32. The Morgan fingerprint density at radius 3 is 2.92 bits per heavy atom. The minimum atomic E-state index is -1.32. The van der Waals surface area contributed by atoms with Crippen LogP contribution in [-0.4, -0.2) is 24.7 Å². The zero-order chi connectivity index (χ0) is 16.9. The summed E-state index contributed by atoms with van der Waals surface area (Å²) < 4.78 is 29.5. The van der Waals surface area contributed by atoms with E-state index in [1.165, 1.54) is 6.07 Å². The summed E-state index contributed by atoms with van der Waals surface area (Å²) in [5.41, 5.74) is 0.600. The molecule has 0 spiro atoms. The summed E-state index contributed by atoms with van der Waals surface area (Å²) >= 11 is 0. The predicted molar refractivity (Wildman–Crippen MR) is 85.9 cm³/mol. The molecule has 122 valence electrons. The number of carbonyl (C=O) groups excluding carboxylic acids is 1. The summed E-state index contributed by atoms with van der Waals surface area (Å²) in [6.45, 7) is -0.324. The number of hydrogen-bond donors (Lipinski definition) is 1. The van der Waals surface area contributed by atoms with Crippen molar-refractivity contribution in [2.75, 3.05) is 6.61 Å². The van der Waals surface area contributed by atoms with Crippen molar-refractivity contribution in [1.29, 1.82) is 0 Å². The summed E-state index contributed by atoms with van der Waals surface area (Å²) in [6.07, 6.45) is 12.1. The molecular weight excluding hydrogens is 314 g/mol. The Hall–Kier alpha value is -2.64. The second-order valence-electron chi connectivity index (χ2n) is 5.07. The molecule has 1 aromatic rings. The van der Waals surface area contributed by atoms with Crippen molar-refractivity contribution in [2.24, 2.45) is 0 Å². The van der Waals surface area contributed by atoms with Gasteiger partial charge >= 0.3 is 13.1 Å². The van der Waals surface area contributed by atoms with Crippen LogP contribution in [0.3, 0.4) is 0 Å². The molecule has 3 rings (SSSR count). The molecule has 0 radical (unpaired) electrons. The highest BCUT2D eigenvalue weighted by atomic mass is 19.1. The molecule has 5 nitrogen and oxygen atoms in total. The molecule has 0 amide bonds. The fourth-order valence-electron chi connectivity index (χ4n) is 2.28. The highest BCUT2D eigenvalue weighted by Crippen LogP contribution is 2.21. The Kier molecular flexibility index (Phi) is 4.93. The Balaban J connectivity index is 1.62. The number of benzene rings is 1. The second-order valence-corrected chi connectivity index (χ2v) is 5.07. The summed E-state index contributed by atoms with van der Waals surface area (Å²) in [4.78, 5) is 11.8. The van der Waals surface area contributed by atoms with Gasteiger partial charge in [-0.25, -0.2) is 9.18 Å². The number of rotatable bonds is 4. The molecule has 1 N–H and O–H groups in total. The van der Waals surface area contributed by atoms with Crippen LogP contribution in [0.4, 0.5) is 4.39 Å². The number of fused-ring (bicyclic) bond motifs is 1. The molecule has 0 fully saturated rings. The summed E-state index contributed by atoms with van der Waals surface area (Å²) in [6, 6.07) is 2.98. The lowest BCUT2D eigenvalue weighted by molar-refractivity contribution is -0.141. The van der Waals surface area contributed by atoms with E-state index in [0.717, 1.165) is 0 Å². The molecule has 2 aliphatic rings. The number of ether oxygens (including phenoxy) is 2. The van der Waals surface area contributed by atoms with Gasteiger partial charge in [0.25, 0.3) is 0 Å². The summed E-state index contributed by atoms with van der Waals surface area (Å²) in [5, 5.41) is 9.59. The van der Waals surface area contributed by atoms with Gasteiger partial charge in [0.15, 0.2) is 18.2 Å². The molecule has 1 aliphatic carbocycles. The maximum atomic E-state index is 14.3. The maximum absolute atomic E-state index is 14.3. The van der Waals surface area contributed by atoms with Gasteiger partial charge in [0.2, 0.25) is 0 Å². The third-order valence-electron chi connectivity index (χ3n) is 3.42. The molecule has 0 saturated carbocycles. The zero-order valence-corrected chi connectivity index (χ0v) is 12.6. The average Bonchev–Trinajstić information content (AvgIpc) is 2.91. The molecule has 0 unspecified atom stereocenters. The number of halogens is 1. The first-order chi connectivity index (χ1) is 11.6. The van der Waals surface area contributed by atoms with Crippen molar-refractivity contribution in [3.05, 3.63) is 71.8 Å². The van der Waals surface area contributed by atoms with E-state index < -0.39 is 25.5 Å². The predicted octanol–water partition coefficient (Wildman–Crippen LogP) is 1.53. The quantitative estimate of drug-likeness (QED) is 0.671. The monoisotopic (exact) mass is 328 g/mol. The van der Waals surface area contributed by atoms with Gasteiger partial charge in [-0.1, -0.05) is 36.4 Å². The van der Waals surface area contributed by atoms with E-state index in [1.807, 2.05) is 6.08 Å². The third-order valence-corrected chi connectivity index (χ3v) is 3.42. The van der Waals surface area contributed by atoms with Crippen LogP contribution in [0.2, 0.25) is 0 Å². The lowest BCUT2D eigenvalue weighted by Gasteiger charge is -2.10. The fourth-order valence-corrected chi connectivity index (χ4v) is 2.28. The van der Waals surface area contributed by atoms with Crippen molar-refractivity contribution < 1.29 is 28.3 Å². The van der Waals surface area contributed by atoms with Gasteiger partial charge in [0, 0.05) is 5.46 Å². The molecule has 0 bridgehead atoms. The first-order valence-corrected chi connectivity index (χ1v) is 7.31. The van der Waals surface area contributed by atoms with Gasteiger partial charge < -0.3 is 19.2 Å². The van der Waals surface area contributed by atoms with Crippen LogP contribution in [0.1, 0.15) is 5.56 Å². The zero-order valence-electron chi connectivity index (χ0n) is 12.6. The Morgan fingerprint density at radius 2 is 2.04 bits per heavy atom. The van der Waals surface area contributed by atoms with E-state index in [1.54, 1.807) is 42.5 Å². The van der Waals surface area contributed by atoms with Gasteiger partial charge in [0.1, 0.15) is 5.76 Å². The smallest absolute Gasteiger partial charge is 0.479 e. The highest BCUT2D eigenvalue weighted by molar-refractivity contribution is 6.61. The largest absolute Gasteiger partial charge is 0.494 e. The maximum Gasteiger partial charge on any atom is 0.494 e. The van der Waals surface area contributed by atoms with Crippen LogP contribution in [0, 0.1) is 5.82 Å². The van der Waals surface area contributed by atoms with Gasteiger partial charge in [-0.3, -0.25) is 0 Å². The van der Waals surface area contributed by atoms with E-state index in [-0.39, 0.29) is 17.8 Å². The second kappa shape index (κ2) is 7.29. The van der Waals surface area contributed by atoms with E-state index in [9.17, 15) is 14.2 Å². The number of carbonyl (C=O) groups is 1. The lowest BCUT2D eigenvalue weighted by Crippen LogP contribution is -2.31. The average molecular weight is 328 g/mol. The topological polar surface area (TPSA) is 65.0 Å². The molecule has 0 aromatic heterocycles. The van der Waals surface area contributed by atoms with E-state index in [2.05, 4.69) is 0 Å². The minimum absolute atomic E-state index is 0.0449. The molecule has 1 aromatic carbocycles. The van der Waals surface area contributed by atoms with Gasteiger partial charge in [-0.15, -0.1) is 0 Å². The number of allylic oxidation sites excluding steroid dienone is 7. The van der Waals surface area contributed by atoms with Gasteiger partial charge in [-0.2, -0.15) is 0 Å². The molecule has 0 saturated heterocycles. The normalized spacial score (nSPS) is 15.6. The molecule has 1 heterocycles. The SMILES string of the molecule is O=C(COc1ccc2c(c1F)B(O)OC2)OC1=CC=CC=CC=C1. The summed E-state index contributed by atoms with van der Waals surface area (Å²) in [5.74, 6) is -1.19. The first kappa shape index (κ1) is 16.2. The Labute approximate surface area is 138 Å². The van der Waals surface area contributed by atoms with Crippen LogP contribution < -0.4 is 10.2 Å². The van der Waals surface area contributed by atoms with Crippen molar-refractivity contribution in [2.45, 2.75) is 6.61 Å². The van der Waals surface area contributed by atoms with E-state index >= 15 is 0 Å². The van der Waals surface area contributed by atoms with Crippen LogP contribution in [0.25, 0.3) is 0 Å².